The third-order valence-electron chi connectivity index (χ3n) is 3.19. The Kier molecular flexibility index (Phi) is 8.26. The van der Waals surface area contributed by atoms with Gasteiger partial charge in [0.2, 0.25) is 0 Å². The summed E-state index contributed by atoms with van der Waals surface area (Å²) >= 11 is 0. The lowest BCUT2D eigenvalue weighted by atomic mass is 9.88. The molecule has 0 heterocycles. The van der Waals surface area contributed by atoms with E-state index in [2.05, 4.69) is 27.7 Å². The molecule has 0 fully saturated rings. The van der Waals surface area contributed by atoms with Gasteiger partial charge in [0.25, 0.3) is 0 Å². The monoisotopic (exact) mass is 199 g/mol. The third kappa shape index (κ3) is 6.42. The molecule has 2 N–H and O–H groups in total. The van der Waals surface area contributed by atoms with Crippen LogP contribution in [0.15, 0.2) is 0 Å². The topological polar surface area (TPSA) is 26.0 Å². The Labute approximate surface area is 90.5 Å². The molecule has 0 bridgehead atoms. The van der Waals surface area contributed by atoms with Crippen LogP contribution in [-0.2, 0) is 0 Å². The zero-order valence-electron chi connectivity index (χ0n) is 10.6. The molecule has 2 unspecified atom stereocenters. The molecule has 86 valence electrons. The summed E-state index contributed by atoms with van der Waals surface area (Å²) in [4.78, 5) is 0. The van der Waals surface area contributed by atoms with Crippen molar-refractivity contribution < 1.29 is 0 Å². The fourth-order valence-electron chi connectivity index (χ4n) is 1.92. The van der Waals surface area contributed by atoms with E-state index in [9.17, 15) is 0 Å². The van der Waals surface area contributed by atoms with E-state index in [0.29, 0.717) is 17.9 Å². The minimum atomic E-state index is 0.390. The molecule has 0 spiro atoms. The standard InChI is InChI=1S/C13H29N/c1-5-6-7-8-9-10-12(4)13(14)11(2)3/h11-13H,5-10,14H2,1-4H3. The van der Waals surface area contributed by atoms with Gasteiger partial charge in [0.1, 0.15) is 0 Å². The highest BCUT2D eigenvalue weighted by atomic mass is 14.7. The quantitative estimate of drug-likeness (QED) is 0.588. The molecule has 1 nitrogen and oxygen atoms in total. The Morgan fingerprint density at radius 2 is 1.50 bits per heavy atom. The molecule has 14 heavy (non-hydrogen) atoms. The number of unbranched alkanes of at least 4 members (excludes halogenated alkanes) is 4. The van der Waals surface area contributed by atoms with Gasteiger partial charge in [0.05, 0.1) is 0 Å². The van der Waals surface area contributed by atoms with Gasteiger partial charge in [-0.25, -0.2) is 0 Å². The van der Waals surface area contributed by atoms with Gasteiger partial charge in [-0.15, -0.1) is 0 Å². The molecule has 0 aromatic carbocycles. The Hall–Kier alpha value is -0.0400. The van der Waals surface area contributed by atoms with Crippen molar-refractivity contribution in [3.63, 3.8) is 0 Å². The largest absolute Gasteiger partial charge is 0.327 e. The van der Waals surface area contributed by atoms with Crippen molar-refractivity contribution in [1.29, 1.82) is 0 Å². The van der Waals surface area contributed by atoms with Crippen LogP contribution in [0.25, 0.3) is 0 Å². The van der Waals surface area contributed by atoms with Crippen LogP contribution in [0.5, 0.6) is 0 Å². The summed E-state index contributed by atoms with van der Waals surface area (Å²) in [6, 6.07) is 0.390. The highest BCUT2D eigenvalue weighted by molar-refractivity contribution is 4.72. The average Bonchev–Trinajstić information content (AvgIpc) is 2.16. The van der Waals surface area contributed by atoms with Crippen molar-refractivity contribution in [2.75, 3.05) is 0 Å². The fourth-order valence-corrected chi connectivity index (χ4v) is 1.92. The summed E-state index contributed by atoms with van der Waals surface area (Å²) < 4.78 is 0. The van der Waals surface area contributed by atoms with E-state index in [1.807, 2.05) is 0 Å². The molecule has 0 saturated heterocycles. The van der Waals surface area contributed by atoms with Gasteiger partial charge in [-0.05, 0) is 18.3 Å². The first-order chi connectivity index (χ1) is 6.59. The van der Waals surface area contributed by atoms with Crippen LogP contribution in [0.2, 0.25) is 0 Å². The summed E-state index contributed by atoms with van der Waals surface area (Å²) in [6.07, 6.45) is 8.19. The molecule has 2 atom stereocenters. The lowest BCUT2D eigenvalue weighted by molar-refractivity contribution is 0.336. The van der Waals surface area contributed by atoms with Gasteiger partial charge in [0.15, 0.2) is 0 Å². The maximum Gasteiger partial charge on any atom is 0.00877 e. The number of rotatable bonds is 8. The van der Waals surface area contributed by atoms with Crippen molar-refractivity contribution >= 4 is 0 Å². The van der Waals surface area contributed by atoms with Crippen LogP contribution in [0.1, 0.15) is 66.2 Å². The maximum absolute atomic E-state index is 6.10. The first kappa shape index (κ1) is 14.0. The SMILES string of the molecule is CCCCCCCC(C)C(N)C(C)C. The van der Waals surface area contributed by atoms with Crippen molar-refractivity contribution in [2.24, 2.45) is 17.6 Å². The van der Waals surface area contributed by atoms with Crippen LogP contribution in [0.3, 0.4) is 0 Å². The van der Waals surface area contributed by atoms with E-state index in [1.54, 1.807) is 0 Å². The summed E-state index contributed by atoms with van der Waals surface area (Å²) in [5.41, 5.74) is 6.10. The minimum Gasteiger partial charge on any atom is -0.327 e. The number of hydrogen-bond acceptors (Lipinski definition) is 1. The van der Waals surface area contributed by atoms with Gasteiger partial charge >= 0.3 is 0 Å². The molecule has 0 aliphatic rings. The van der Waals surface area contributed by atoms with Crippen LogP contribution in [0.4, 0.5) is 0 Å². The van der Waals surface area contributed by atoms with Crippen LogP contribution < -0.4 is 5.73 Å². The Morgan fingerprint density at radius 3 is 2.00 bits per heavy atom. The lowest BCUT2D eigenvalue weighted by Gasteiger charge is -2.23. The van der Waals surface area contributed by atoms with Crippen LogP contribution in [-0.4, -0.2) is 6.04 Å². The Balaban J connectivity index is 3.39. The van der Waals surface area contributed by atoms with Crippen molar-refractivity contribution in [2.45, 2.75) is 72.3 Å². The van der Waals surface area contributed by atoms with Crippen molar-refractivity contribution in [1.82, 2.24) is 0 Å². The average molecular weight is 199 g/mol. The predicted octanol–water partition coefficient (Wildman–Crippen LogP) is 3.97. The molecule has 0 radical (unpaired) electrons. The number of hydrogen-bond donors (Lipinski definition) is 1. The molecule has 0 aromatic rings. The summed E-state index contributed by atoms with van der Waals surface area (Å²) in [6.45, 7) is 9.00. The van der Waals surface area contributed by atoms with Gasteiger partial charge in [-0.3, -0.25) is 0 Å². The molecule has 0 amide bonds. The van der Waals surface area contributed by atoms with Crippen LogP contribution >= 0.6 is 0 Å². The first-order valence-electron chi connectivity index (χ1n) is 6.35. The van der Waals surface area contributed by atoms with E-state index in [-0.39, 0.29) is 0 Å². The highest BCUT2D eigenvalue weighted by Crippen LogP contribution is 2.17. The van der Waals surface area contributed by atoms with E-state index in [0.717, 1.165) is 0 Å². The zero-order chi connectivity index (χ0) is 11.0. The lowest BCUT2D eigenvalue weighted by Crippen LogP contribution is -2.33. The zero-order valence-corrected chi connectivity index (χ0v) is 10.6. The minimum absolute atomic E-state index is 0.390. The summed E-state index contributed by atoms with van der Waals surface area (Å²) in [5.74, 6) is 1.32. The van der Waals surface area contributed by atoms with E-state index in [4.69, 9.17) is 5.73 Å². The van der Waals surface area contributed by atoms with Crippen molar-refractivity contribution in [3.8, 4) is 0 Å². The molecular weight excluding hydrogens is 170 g/mol. The third-order valence-corrected chi connectivity index (χ3v) is 3.19. The predicted molar refractivity (Wildman–Crippen MR) is 65.4 cm³/mol. The van der Waals surface area contributed by atoms with Gasteiger partial charge in [-0.2, -0.15) is 0 Å². The van der Waals surface area contributed by atoms with Crippen molar-refractivity contribution in [3.05, 3.63) is 0 Å². The van der Waals surface area contributed by atoms with E-state index >= 15 is 0 Å². The first-order valence-corrected chi connectivity index (χ1v) is 6.35. The van der Waals surface area contributed by atoms with Gasteiger partial charge in [-0.1, -0.05) is 59.8 Å². The van der Waals surface area contributed by atoms with E-state index in [1.165, 1.54) is 38.5 Å². The Bertz CT molecular complexity index is 120. The Morgan fingerprint density at radius 1 is 0.929 bits per heavy atom. The molecule has 0 aromatic heterocycles. The van der Waals surface area contributed by atoms with Gasteiger partial charge in [0, 0.05) is 6.04 Å². The normalized spacial score (nSPS) is 15.9. The van der Waals surface area contributed by atoms with E-state index < -0.39 is 0 Å². The maximum atomic E-state index is 6.10. The molecular formula is C13H29N. The second kappa shape index (κ2) is 8.28. The number of nitrogens with two attached hydrogens (primary N) is 1. The molecule has 0 saturated carbocycles. The smallest absolute Gasteiger partial charge is 0.00877 e. The molecule has 0 rings (SSSR count). The molecule has 0 aliphatic carbocycles. The van der Waals surface area contributed by atoms with Crippen LogP contribution in [0, 0.1) is 11.8 Å². The molecule has 0 aliphatic heterocycles. The second-order valence-electron chi connectivity index (χ2n) is 5.00. The highest BCUT2D eigenvalue weighted by Gasteiger charge is 2.15. The second-order valence-corrected chi connectivity index (χ2v) is 5.00. The summed E-state index contributed by atoms with van der Waals surface area (Å²) in [7, 11) is 0. The summed E-state index contributed by atoms with van der Waals surface area (Å²) in [5, 5.41) is 0. The van der Waals surface area contributed by atoms with Gasteiger partial charge < -0.3 is 5.73 Å². The molecule has 1 heteroatoms. The fraction of sp³-hybridized carbons (Fsp3) is 1.00.